The predicted octanol–water partition coefficient (Wildman–Crippen LogP) is 0.387. The number of nitrogens with zero attached hydrogens (tertiary/aromatic N) is 2. The average molecular weight is 291 g/mol. The Morgan fingerprint density at radius 2 is 2.10 bits per heavy atom. The first-order valence-corrected chi connectivity index (χ1v) is 6.33. The molecule has 0 fully saturated rings. The van der Waals surface area contributed by atoms with Crippen molar-refractivity contribution < 1.29 is 19.5 Å². The number of nitrogens with one attached hydrogen (secondary N) is 1. The molecule has 112 valence electrons. The van der Waals surface area contributed by atoms with Gasteiger partial charge in [-0.05, 0) is 24.6 Å². The van der Waals surface area contributed by atoms with E-state index in [2.05, 4.69) is 10.3 Å². The molecule has 0 aromatic carbocycles. The van der Waals surface area contributed by atoms with Crippen LogP contribution in [-0.4, -0.2) is 52.9 Å². The Morgan fingerprint density at radius 1 is 1.38 bits per heavy atom. The summed E-state index contributed by atoms with van der Waals surface area (Å²) in [6.45, 7) is 2.25. The minimum absolute atomic E-state index is 0.0466. The first kappa shape index (κ1) is 16.4. The molecule has 0 spiro atoms. The Bertz CT molecular complexity index is 552. The van der Waals surface area contributed by atoms with Gasteiger partial charge in [-0.2, -0.15) is 0 Å². The standard InChI is InChI=1S/C14H17N3O4/c1-3-15-12(18)9-17(2)14(21)11-6-4-10(8-16-11)5-7-13(19)20/h4-8H,3,9H2,1-2H3,(H,15,18)(H,19,20). The van der Waals surface area contributed by atoms with Crippen molar-refractivity contribution in [2.24, 2.45) is 0 Å². The molecular weight excluding hydrogens is 274 g/mol. The summed E-state index contributed by atoms with van der Waals surface area (Å²) in [6, 6.07) is 3.07. The Balaban J connectivity index is 2.70. The van der Waals surface area contributed by atoms with Gasteiger partial charge in [0.25, 0.3) is 5.91 Å². The molecule has 1 rings (SSSR count). The van der Waals surface area contributed by atoms with E-state index >= 15 is 0 Å². The lowest BCUT2D eigenvalue weighted by atomic mass is 10.2. The number of carbonyl (C=O) groups is 3. The van der Waals surface area contributed by atoms with Crippen molar-refractivity contribution in [2.45, 2.75) is 6.92 Å². The Labute approximate surface area is 122 Å². The summed E-state index contributed by atoms with van der Waals surface area (Å²) in [7, 11) is 1.51. The molecule has 0 atom stereocenters. The summed E-state index contributed by atoms with van der Waals surface area (Å²) >= 11 is 0. The van der Waals surface area contributed by atoms with Crippen molar-refractivity contribution in [3.63, 3.8) is 0 Å². The van der Waals surface area contributed by atoms with Crippen LogP contribution in [0.4, 0.5) is 0 Å². The highest BCUT2D eigenvalue weighted by atomic mass is 16.4. The maximum absolute atomic E-state index is 12.0. The number of amides is 2. The summed E-state index contributed by atoms with van der Waals surface area (Å²) in [5.41, 5.74) is 0.759. The van der Waals surface area contributed by atoms with Crippen LogP contribution in [0.25, 0.3) is 6.08 Å². The quantitative estimate of drug-likeness (QED) is 0.738. The van der Waals surface area contributed by atoms with Crippen LogP contribution in [0, 0.1) is 0 Å². The molecule has 2 amide bonds. The van der Waals surface area contributed by atoms with Crippen LogP contribution in [0.1, 0.15) is 23.0 Å². The number of hydrogen-bond donors (Lipinski definition) is 2. The van der Waals surface area contributed by atoms with Gasteiger partial charge >= 0.3 is 5.97 Å². The minimum atomic E-state index is -1.06. The van der Waals surface area contributed by atoms with E-state index in [1.165, 1.54) is 30.3 Å². The Hall–Kier alpha value is -2.70. The summed E-state index contributed by atoms with van der Waals surface area (Å²) in [5, 5.41) is 11.1. The largest absolute Gasteiger partial charge is 0.478 e. The molecule has 0 unspecified atom stereocenters. The van der Waals surface area contributed by atoms with Crippen LogP contribution >= 0.6 is 0 Å². The highest BCUT2D eigenvalue weighted by Gasteiger charge is 2.15. The zero-order valence-corrected chi connectivity index (χ0v) is 11.9. The molecule has 0 aliphatic carbocycles. The second-order valence-corrected chi connectivity index (χ2v) is 4.26. The van der Waals surface area contributed by atoms with Crippen molar-refractivity contribution >= 4 is 23.9 Å². The van der Waals surface area contributed by atoms with Crippen LogP contribution in [0.3, 0.4) is 0 Å². The maximum atomic E-state index is 12.0. The first-order chi connectivity index (χ1) is 9.93. The second kappa shape index (κ2) is 7.78. The lowest BCUT2D eigenvalue weighted by Crippen LogP contribution is -2.38. The van der Waals surface area contributed by atoms with Gasteiger partial charge in [-0.3, -0.25) is 14.6 Å². The highest BCUT2D eigenvalue weighted by molar-refractivity contribution is 5.95. The zero-order valence-electron chi connectivity index (χ0n) is 11.9. The monoisotopic (exact) mass is 291 g/mol. The lowest BCUT2D eigenvalue weighted by molar-refractivity contribution is -0.131. The Kier molecular flexibility index (Phi) is 6.06. The van der Waals surface area contributed by atoms with Crippen LogP contribution < -0.4 is 5.32 Å². The van der Waals surface area contributed by atoms with Crippen molar-refractivity contribution in [3.05, 3.63) is 35.7 Å². The molecule has 21 heavy (non-hydrogen) atoms. The van der Waals surface area contributed by atoms with Gasteiger partial charge in [0.2, 0.25) is 5.91 Å². The third-order valence-electron chi connectivity index (χ3n) is 2.53. The van der Waals surface area contributed by atoms with E-state index in [4.69, 9.17) is 5.11 Å². The van der Waals surface area contributed by atoms with Gasteiger partial charge in [0.05, 0.1) is 6.54 Å². The molecule has 0 radical (unpaired) electrons. The fourth-order valence-corrected chi connectivity index (χ4v) is 1.53. The van der Waals surface area contributed by atoms with E-state index < -0.39 is 5.97 Å². The van der Waals surface area contributed by atoms with Crippen molar-refractivity contribution in [2.75, 3.05) is 20.1 Å². The van der Waals surface area contributed by atoms with Gasteiger partial charge in [-0.1, -0.05) is 6.07 Å². The first-order valence-electron chi connectivity index (χ1n) is 6.33. The maximum Gasteiger partial charge on any atom is 0.328 e. The fourth-order valence-electron chi connectivity index (χ4n) is 1.53. The molecule has 0 saturated carbocycles. The number of likely N-dealkylation sites (N-methyl/N-ethyl adjacent to an activating group) is 2. The van der Waals surface area contributed by atoms with Gasteiger partial charge in [0, 0.05) is 25.9 Å². The molecule has 0 bridgehead atoms. The number of carboxylic acid groups (broad SMARTS) is 1. The van der Waals surface area contributed by atoms with Gasteiger partial charge in [0.1, 0.15) is 5.69 Å². The van der Waals surface area contributed by atoms with E-state index in [0.717, 1.165) is 6.08 Å². The summed E-state index contributed by atoms with van der Waals surface area (Å²) in [5.74, 6) is -1.68. The normalized spacial score (nSPS) is 10.4. The third kappa shape index (κ3) is 5.43. The number of aromatic nitrogens is 1. The van der Waals surface area contributed by atoms with Crippen LogP contribution in [0.5, 0.6) is 0 Å². The van der Waals surface area contributed by atoms with E-state index in [1.807, 2.05) is 0 Å². The topological polar surface area (TPSA) is 99.6 Å². The molecule has 7 nitrogen and oxygen atoms in total. The highest BCUT2D eigenvalue weighted by Crippen LogP contribution is 2.05. The molecule has 1 aromatic rings. The second-order valence-electron chi connectivity index (χ2n) is 4.26. The van der Waals surface area contributed by atoms with Crippen molar-refractivity contribution in [1.82, 2.24) is 15.2 Å². The SMILES string of the molecule is CCNC(=O)CN(C)C(=O)c1ccc(C=CC(=O)O)cn1. The number of carboxylic acids is 1. The smallest absolute Gasteiger partial charge is 0.328 e. The zero-order chi connectivity index (χ0) is 15.8. The molecule has 0 saturated heterocycles. The number of rotatable bonds is 6. The average Bonchev–Trinajstić information content (AvgIpc) is 2.45. The van der Waals surface area contributed by atoms with E-state index in [1.54, 1.807) is 13.0 Å². The fraction of sp³-hybridized carbons (Fsp3) is 0.286. The molecular formula is C14H17N3O4. The Morgan fingerprint density at radius 3 is 2.62 bits per heavy atom. The number of carbonyl (C=O) groups excluding carboxylic acids is 2. The lowest BCUT2D eigenvalue weighted by Gasteiger charge is -2.15. The van der Waals surface area contributed by atoms with Crippen molar-refractivity contribution in [1.29, 1.82) is 0 Å². The summed E-state index contributed by atoms with van der Waals surface area (Å²) < 4.78 is 0. The van der Waals surface area contributed by atoms with E-state index in [0.29, 0.717) is 12.1 Å². The third-order valence-corrected chi connectivity index (χ3v) is 2.53. The number of hydrogen-bond acceptors (Lipinski definition) is 4. The van der Waals surface area contributed by atoms with Gasteiger partial charge in [-0.15, -0.1) is 0 Å². The van der Waals surface area contributed by atoms with Crippen LogP contribution in [0.2, 0.25) is 0 Å². The van der Waals surface area contributed by atoms with E-state index in [-0.39, 0.29) is 24.1 Å². The molecule has 1 heterocycles. The van der Waals surface area contributed by atoms with Gasteiger partial charge in [0.15, 0.2) is 0 Å². The predicted molar refractivity (Wildman–Crippen MR) is 76.6 cm³/mol. The van der Waals surface area contributed by atoms with Crippen molar-refractivity contribution in [3.8, 4) is 0 Å². The van der Waals surface area contributed by atoms with Crippen LogP contribution in [-0.2, 0) is 9.59 Å². The molecule has 0 aliphatic heterocycles. The van der Waals surface area contributed by atoms with Gasteiger partial charge in [-0.25, -0.2) is 4.79 Å². The number of aliphatic carboxylic acids is 1. The molecule has 0 aliphatic rings. The van der Waals surface area contributed by atoms with Gasteiger partial charge < -0.3 is 15.3 Å². The van der Waals surface area contributed by atoms with E-state index in [9.17, 15) is 14.4 Å². The molecule has 2 N–H and O–H groups in total. The minimum Gasteiger partial charge on any atom is -0.478 e. The number of pyridine rings is 1. The summed E-state index contributed by atoms with van der Waals surface area (Å²) in [4.78, 5) is 39.1. The summed E-state index contributed by atoms with van der Waals surface area (Å²) in [6.07, 6.45) is 3.76. The van der Waals surface area contributed by atoms with Crippen LogP contribution in [0.15, 0.2) is 24.4 Å². The molecule has 1 aromatic heterocycles. The molecule has 7 heteroatoms.